The van der Waals surface area contributed by atoms with Gasteiger partial charge in [0, 0.05) is 13.0 Å². The van der Waals surface area contributed by atoms with Crippen LogP contribution in [0.15, 0.2) is 24.3 Å². The molecule has 0 unspecified atom stereocenters. The van der Waals surface area contributed by atoms with Crippen LogP contribution >= 0.6 is 0 Å². The van der Waals surface area contributed by atoms with E-state index in [1.807, 2.05) is 31.2 Å². The van der Waals surface area contributed by atoms with Crippen LogP contribution < -0.4 is 10.5 Å². The lowest BCUT2D eigenvalue weighted by atomic mass is 10.1. The highest BCUT2D eigenvalue weighted by atomic mass is 16.5. The number of benzene rings is 1. The number of aromatic amines is 1. The molecule has 0 aliphatic rings. The van der Waals surface area contributed by atoms with E-state index in [-0.39, 0.29) is 0 Å². The van der Waals surface area contributed by atoms with Crippen LogP contribution in [-0.4, -0.2) is 28.3 Å². The molecule has 0 saturated carbocycles. The van der Waals surface area contributed by atoms with Crippen LogP contribution in [-0.2, 0) is 6.42 Å². The summed E-state index contributed by atoms with van der Waals surface area (Å²) in [6.07, 6.45) is 0.748. The molecule has 0 fully saturated rings. The van der Waals surface area contributed by atoms with Crippen LogP contribution in [0, 0.1) is 6.92 Å². The first-order chi connectivity index (χ1) is 8.28. The number of ether oxygens (including phenoxy) is 1. The molecule has 0 spiro atoms. The number of hydrogen-bond donors (Lipinski definition) is 2. The molecule has 0 atom stereocenters. The molecular formula is C12H16N4O. The Morgan fingerprint density at radius 3 is 2.59 bits per heavy atom. The van der Waals surface area contributed by atoms with Crippen molar-refractivity contribution >= 4 is 0 Å². The van der Waals surface area contributed by atoms with E-state index in [0.717, 1.165) is 23.8 Å². The van der Waals surface area contributed by atoms with E-state index in [1.54, 1.807) is 0 Å². The Bertz CT molecular complexity index is 464. The van der Waals surface area contributed by atoms with Gasteiger partial charge in [0.2, 0.25) is 0 Å². The van der Waals surface area contributed by atoms with Gasteiger partial charge in [0.05, 0.1) is 0 Å². The van der Waals surface area contributed by atoms with Crippen LogP contribution in [0.3, 0.4) is 0 Å². The number of H-pyrrole nitrogens is 1. The summed E-state index contributed by atoms with van der Waals surface area (Å²) in [5.41, 5.74) is 6.53. The Hall–Kier alpha value is -1.88. The Morgan fingerprint density at radius 1 is 1.24 bits per heavy atom. The van der Waals surface area contributed by atoms with Gasteiger partial charge in [-0.15, -0.1) is 10.2 Å². The summed E-state index contributed by atoms with van der Waals surface area (Å²) in [4.78, 5) is 3.10. The molecule has 1 aromatic heterocycles. The Kier molecular flexibility index (Phi) is 3.72. The smallest absolute Gasteiger partial charge is 0.134 e. The van der Waals surface area contributed by atoms with Crippen molar-refractivity contribution < 1.29 is 4.74 Å². The van der Waals surface area contributed by atoms with Gasteiger partial charge in [-0.05, 0) is 24.6 Å². The molecule has 2 rings (SSSR count). The molecule has 0 bridgehead atoms. The second kappa shape index (κ2) is 5.45. The molecule has 0 amide bonds. The fraction of sp³-hybridized carbons (Fsp3) is 0.333. The van der Waals surface area contributed by atoms with Gasteiger partial charge in [-0.2, -0.15) is 0 Å². The first kappa shape index (κ1) is 11.6. The summed E-state index contributed by atoms with van der Waals surface area (Å²) in [5.74, 6) is 2.55. The van der Waals surface area contributed by atoms with Crippen molar-refractivity contribution in [3.8, 4) is 5.75 Å². The maximum absolute atomic E-state index is 5.40. The fourth-order valence-electron chi connectivity index (χ4n) is 1.55. The van der Waals surface area contributed by atoms with E-state index >= 15 is 0 Å². The summed E-state index contributed by atoms with van der Waals surface area (Å²) < 4.78 is 5.40. The van der Waals surface area contributed by atoms with Crippen LogP contribution in [0.2, 0.25) is 0 Å². The average molecular weight is 232 g/mol. The summed E-state index contributed by atoms with van der Waals surface area (Å²) in [5, 5.41) is 7.96. The Balaban J connectivity index is 1.98. The van der Waals surface area contributed by atoms with Crippen molar-refractivity contribution in [2.75, 3.05) is 13.2 Å². The highest BCUT2D eigenvalue weighted by Crippen LogP contribution is 2.13. The summed E-state index contributed by atoms with van der Waals surface area (Å²) in [7, 11) is 0. The minimum absolute atomic E-state index is 0.527. The van der Waals surface area contributed by atoms with Gasteiger partial charge in [-0.3, -0.25) is 0 Å². The number of nitrogens with two attached hydrogens (primary N) is 1. The molecule has 0 aliphatic heterocycles. The molecule has 0 aliphatic carbocycles. The monoisotopic (exact) mass is 232 g/mol. The Labute approximate surface area is 100 Å². The molecule has 3 N–H and O–H groups in total. The third-order valence-electron chi connectivity index (χ3n) is 2.33. The molecule has 2 aromatic rings. The van der Waals surface area contributed by atoms with Crippen molar-refractivity contribution in [3.63, 3.8) is 0 Å². The molecule has 0 saturated heterocycles. The van der Waals surface area contributed by atoms with Crippen molar-refractivity contribution in [1.29, 1.82) is 0 Å². The molecule has 1 aromatic carbocycles. The number of aromatic nitrogens is 3. The van der Waals surface area contributed by atoms with E-state index in [2.05, 4.69) is 15.2 Å². The maximum atomic E-state index is 5.40. The predicted molar refractivity (Wildman–Crippen MR) is 64.9 cm³/mol. The van der Waals surface area contributed by atoms with Gasteiger partial charge < -0.3 is 15.5 Å². The number of hydrogen-bond acceptors (Lipinski definition) is 4. The van der Waals surface area contributed by atoms with Gasteiger partial charge in [0.25, 0.3) is 0 Å². The van der Waals surface area contributed by atoms with Gasteiger partial charge in [0.1, 0.15) is 24.0 Å². The SMILES string of the molecule is Cc1nnc(Cc2ccc(OCCN)cc2)[nH]1. The van der Waals surface area contributed by atoms with Crippen molar-refractivity contribution in [2.24, 2.45) is 5.73 Å². The lowest BCUT2D eigenvalue weighted by Crippen LogP contribution is -2.10. The molecule has 5 heteroatoms. The van der Waals surface area contributed by atoms with Crippen molar-refractivity contribution in [1.82, 2.24) is 15.2 Å². The molecule has 5 nitrogen and oxygen atoms in total. The van der Waals surface area contributed by atoms with E-state index in [1.165, 1.54) is 5.56 Å². The average Bonchev–Trinajstić information content (AvgIpc) is 2.74. The highest BCUT2D eigenvalue weighted by Gasteiger charge is 2.01. The molecule has 0 radical (unpaired) electrons. The number of aryl methyl sites for hydroxylation is 1. The second-order valence-corrected chi connectivity index (χ2v) is 3.81. The van der Waals surface area contributed by atoms with Crippen LogP contribution in [0.1, 0.15) is 17.2 Å². The lowest BCUT2D eigenvalue weighted by molar-refractivity contribution is 0.328. The number of nitrogens with one attached hydrogen (secondary N) is 1. The number of nitrogens with zero attached hydrogens (tertiary/aromatic N) is 2. The molecule has 1 heterocycles. The largest absolute Gasteiger partial charge is 0.492 e. The first-order valence-corrected chi connectivity index (χ1v) is 5.58. The van der Waals surface area contributed by atoms with Crippen LogP contribution in [0.4, 0.5) is 0 Å². The molecule has 17 heavy (non-hydrogen) atoms. The minimum atomic E-state index is 0.527. The quantitative estimate of drug-likeness (QED) is 0.807. The van der Waals surface area contributed by atoms with Crippen LogP contribution in [0.5, 0.6) is 5.75 Å². The zero-order valence-electron chi connectivity index (χ0n) is 9.81. The predicted octanol–water partition coefficient (Wildman–Crippen LogP) is 1.04. The van der Waals surface area contributed by atoms with Crippen LogP contribution in [0.25, 0.3) is 0 Å². The van der Waals surface area contributed by atoms with Gasteiger partial charge in [-0.1, -0.05) is 12.1 Å². The third kappa shape index (κ3) is 3.29. The summed E-state index contributed by atoms with van der Waals surface area (Å²) >= 11 is 0. The van der Waals surface area contributed by atoms with Crippen molar-refractivity contribution in [3.05, 3.63) is 41.5 Å². The van der Waals surface area contributed by atoms with Crippen molar-refractivity contribution in [2.45, 2.75) is 13.3 Å². The second-order valence-electron chi connectivity index (χ2n) is 3.81. The maximum Gasteiger partial charge on any atom is 0.134 e. The van der Waals surface area contributed by atoms with Gasteiger partial charge >= 0.3 is 0 Å². The standard InChI is InChI=1S/C12H16N4O/c1-9-14-12(16-15-9)8-10-2-4-11(5-3-10)17-7-6-13/h2-5H,6-8,13H2,1H3,(H,14,15,16). The number of rotatable bonds is 5. The summed E-state index contributed by atoms with van der Waals surface area (Å²) in [6.45, 7) is 2.96. The zero-order valence-corrected chi connectivity index (χ0v) is 9.81. The molecular weight excluding hydrogens is 216 g/mol. The molecule has 90 valence electrons. The van der Waals surface area contributed by atoms with Gasteiger partial charge in [0.15, 0.2) is 0 Å². The van der Waals surface area contributed by atoms with E-state index in [9.17, 15) is 0 Å². The Morgan fingerprint density at radius 2 is 2.00 bits per heavy atom. The fourth-order valence-corrected chi connectivity index (χ4v) is 1.55. The normalized spacial score (nSPS) is 10.5. The van der Waals surface area contributed by atoms with E-state index < -0.39 is 0 Å². The van der Waals surface area contributed by atoms with E-state index in [0.29, 0.717) is 13.2 Å². The topological polar surface area (TPSA) is 76.8 Å². The van der Waals surface area contributed by atoms with E-state index in [4.69, 9.17) is 10.5 Å². The first-order valence-electron chi connectivity index (χ1n) is 5.58. The summed E-state index contributed by atoms with van der Waals surface area (Å²) in [6, 6.07) is 7.91. The minimum Gasteiger partial charge on any atom is -0.492 e. The lowest BCUT2D eigenvalue weighted by Gasteiger charge is -2.04. The van der Waals surface area contributed by atoms with Gasteiger partial charge in [-0.25, -0.2) is 0 Å². The zero-order chi connectivity index (χ0) is 12.1. The highest BCUT2D eigenvalue weighted by molar-refractivity contribution is 5.28. The third-order valence-corrected chi connectivity index (χ3v) is 2.33.